The summed E-state index contributed by atoms with van der Waals surface area (Å²) in [7, 11) is -3.99. The summed E-state index contributed by atoms with van der Waals surface area (Å²) in [4.78, 5) is 13.2. The van der Waals surface area contributed by atoms with Gasteiger partial charge in [-0.1, -0.05) is 35.9 Å². The van der Waals surface area contributed by atoms with Gasteiger partial charge in [-0.25, -0.2) is 8.42 Å². The van der Waals surface area contributed by atoms with Gasteiger partial charge in [0, 0.05) is 5.02 Å². The summed E-state index contributed by atoms with van der Waals surface area (Å²) in [5.74, 6) is -0.369. The van der Waals surface area contributed by atoms with Gasteiger partial charge in [0.15, 0.2) is 0 Å². The normalized spacial score (nSPS) is 14.2. The number of fused-ring (bicyclic) bond motifs is 1. The number of amides is 1. The minimum atomic E-state index is -3.99. The average Bonchev–Trinajstić information content (AvgIpc) is 2.84. The number of sulfonamides is 1. The number of carbonyl (C=O) groups excluding carboxylic acids is 1. The summed E-state index contributed by atoms with van der Waals surface area (Å²) in [6.45, 7) is 5.48. The van der Waals surface area contributed by atoms with Crippen molar-refractivity contribution in [2.24, 2.45) is 0 Å². The van der Waals surface area contributed by atoms with Gasteiger partial charge in [0.05, 0.1) is 16.6 Å². The molecule has 5 nitrogen and oxygen atoms in total. The largest absolute Gasteiger partial charge is 0.348 e. The fraction of sp³-hybridized carbons (Fsp3) is 0.321. The minimum Gasteiger partial charge on any atom is -0.348 e. The Balaban J connectivity index is 1.59. The maximum absolute atomic E-state index is 13.6. The summed E-state index contributed by atoms with van der Waals surface area (Å²) in [5.41, 5.74) is 6.19. The van der Waals surface area contributed by atoms with Crippen molar-refractivity contribution in [2.75, 3.05) is 10.8 Å². The highest BCUT2D eigenvalue weighted by Gasteiger charge is 2.28. The predicted octanol–water partition coefficient (Wildman–Crippen LogP) is 5.91. The second-order valence-corrected chi connectivity index (χ2v) is 11.6. The van der Waals surface area contributed by atoms with Crippen molar-refractivity contribution in [3.05, 3.63) is 93.5 Å². The van der Waals surface area contributed by atoms with E-state index in [9.17, 15) is 13.2 Å². The molecule has 1 aliphatic carbocycles. The van der Waals surface area contributed by atoms with Crippen LogP contribution in [0.4, 0.5) is 5.69 Å². The van der Waals surface area contributed by atoms with E-state index >= 15 is 0 Å². The molecule has 0 saturated carbocycles. The summed E-state index contributed by atoms with van der Waals surface area (Å²) < 4.78 is 28.4. The molecule has 0 spiro atoms. The molecule has 7 heteroatoms. The topological polar surface area (TPSA) is 66.5 Å². The summed E-state index contributed by atoms with van der Waals surface area (Å²) >= 11 is 5.97. The molecule has 0 saturated heterocycles. The number of rotatable bonds is 7. The van der Waals surface area contributed by atoms with E-state index in [2.05, 4.69) is 23.5 Å². The van der Waals surface area contributed by atoms with E-state index in [1.165, 1.54) is 48.2 Å². The maximum Gasteiger partial charge on any atom is 0.264 e. The molecule has 0 fully saturated rings. The number of nitrogens with one attached hydrogen (secondary N) is 1. The molecule has 184 valence electrons. The van der Waals surface area contributed by atoms with Crippen LogP contribution in [0.5, 0.6) is 0 Å². The summed E-state index contributed by atoms with van der Waals surface area (Å²) in [6, 6.07) is 17.5. The van der Waals surface area contributed by atoms with Crippen LogP contribution in [-0.2, 0) is 27.7 Å². The van der Waals surface area contributed by atoms with Crippen molar-refractivity contribution in [3.63, 3.8) is 0 Å². The molecule has 1 atom stereocenters. The van der Waals surface area contributed by atoms with Crippen molar-refractivity contribution in [1.29, 1.82) is 0 Å². The van der Waals surface area contributed by atoms with Crippen molar-refractivity contribution in [3.8, 4) is 0 Å². The first-order valence-electron chi connectivity index (χ1n) is 11.9. The molecule has 1 aliphatic rings. The Labute approximate surface area is 213 Å². The maximum atomic E-state index is 13.6. The monoisotopic (exact) mass is 510 g/mol. The lowest BCUT2D eigenvalue weighted by atomic mass is 9.89. The molecule has 1 N–H and O–H groups in total. The number of benzene rings is 3. The molecule has 3 aromatic rings. The van der Waals surface area contributed by atoms with E-state index in [1.807, 2.05) is 26.8 Å². The third-order valence-electron chi connectivity index (χ3n) is 6.72. The van der Waals surface area contributed by atoms with Crippen molar-refractivity contribution < 1.29 is 13.2 Å². The Morgan fingerprint density at radius 3 is 2.31 bits per heavy atom. The number of halogens is 1. The smallest absolute Gasteiger partial charge is 0.264 e. The van der Waals surface area contributed by atoms with E-state index < -0.39 is 10.0 Å². The highest BCUT2D eigenvalue weighted by Crippen LogP contribution is 2.28. The third-order valence-corrected chi connectivity index (χ3v) is 8.76. The van der Waals surface area contributed by atoms with Crippen molar-refractivity contribution >= 4 is 33.2 Å². The molecule has 1 amide bonds. The SMILES string of the molecule is Cc1ccc(N(CC(=O)N[C@H](C)c2ccc3c(c2)CCCC3)S(=O)(=O)c2ccc(Cl)cc2)cc1C. The Morgan fingerprint density at radius 1 is 0.943 bits per heavy atom. The lowest BCUT2D eigenvalue weighted by molar-refractivity contribution is -0.120. The number of carbonyl (C=O) groups is 1. The molecule has 0 bridgehead atoms. The van der Waals surface area contributed by atoms with Crippen LogP contribution < -0.4 is 9.62 Å². The summed E-state index contributed by atoms with van der Waals surface area (Å²) in [5, 5.41) is 3.44. The minimum absolute atomic E-state index is 0.0793. The first-order chi connectivity index (χ1) is 16.6. The predicted molar refractivity (Wildman–Crippen MR) is 142 cm³/mol. The molecule has 3 aromatic carbocycles. The zero-order chi connectivity index (χ0) is 25.2. The lowest BCUT2D eigenvalue weighted by Crippen LogP contribution is -2.41. The molecule has 4 rings (SSSR count). The first kappa shape index (κ1) is 25.3. The molecular weight excluding hydrogens is 480 g/mol. The standard InChI is InChI=1S/C28H31ClN2O3S/c1-19-8-13-26(16-20(19)2)31(35(33,34)27-14-11-25(29)12-15-27)18-28(32)30-21(3)23-10-9-22-6-4-5-7-24(22)17-23/h8-17,21H,4-7,18H2,1-3H3,(H,30,32)/t21-/m1/s1. The van der Waals surface area contributed by atoms with Crippen molar-refractivity contribution in [1.82, 2.24) is 5.32 Å². The average molecular weight is 511 g/mol. The second-order valence-electron chi connectivity index (χ2n) is 9.26. The van der Waals surface area contributed by atoms with Crippen LogP contribution in [0.2, 0.25) is 5.02 Å². The number of aryl methyl sites for hydroxylation is 4. The lowest BCUT2D eigenvalue weighted by Gasteiger charge is -2.26. The zero-order valence-corrected chi connectivity index (χ0v) is 21.9. The van der Waals surface area contributed by atoms with Gasteiger partial charge >= 0.3 is 0 Å². The van der Waals surface area contributed by atoms with Crippen LogP contribution >= 0.6 is 11.6 Å². The van der Waals surface area contributed by atoms with E-state index in [4.69, 9.17) is 11.6 Å². The van der Waals surface area contributed by atoms with Crippen LogP contribution in [-0.4, -0.2) is 20.9 Å². The Morgan fingerprint density at radius 2 is 1.63 bits per heavy atom. The Hall–Kier alpha value is -2.83. The van der Waals surface area contributed by atoms with Gasteiger partial charge in [0.25, 0.3) is 10.0 Å². The molecule has 0 aromatic heterocycles. The number of hydrogen-bond donors (Lipinski definition) is 1. The molecule has 0 radical (unpaired) electrons. The van der Waals surface area contributed by atoms with Gasteiger partial charge in [-0.05, 0) is 111 Å². The quantitative estimate of drug-likeness (QED) is 0.429. The van der Waals surface area contributed by atoms with Crippen LogP contribution in [0.25, 0.3) is 0 Å². The molecule has 0 heterocycles. The van der Waals surface area contributed by atoms with E-state index in [0.717, 1.165) is 33.8 Å². The highest BCUT2D eigenvalue weighted by atomic mass is 35.5. The fourth-order valence-corrected chi connectivity index (χ4v) is 5.99. The van der Waals surface area contributed by atoms with Crippen LogP contribution in [0.15, 0.2) is 65.6 Å². The van der Waals surface area contributed by atoms with E-state index in [-0.39, 0.29) is 23.4 Å². The number of hydrogen-bond acceptors (Lipinski definition) is 3. The van der Waals surface area contributed by atoms with Gasteiger partial charge < -0.3 is 5.32 Å². The van der Waals surface area contributed by atoms with Gasteiger partial charge in [0.2, 0.25) is 5.91 Å². The van der Waals surface area contributed by atoms with Gasteiger partial charge in [0.1, 0.15) is 6.54 Å². The van der Waals surface area contributed by atoms with E-state index in [1.54, 1.807) is 12.1 Å². The van der Waals surface area contributed by atoms with Crippen LogP contribution in [0.1, 0.15) is 53.6 Å². The van der Waals surface area contributed by atoms with Gasteiger partial charge in [-0.3, -0.25) is 9.10 Å². The molecule has 0 aliphatic heterocycles. The van der Waals surface area contributed by atoms with Crippen LogP contribution in [0, 0.1) is 13.8 Å². The second kappa shape index (κ2) is 10.4. The van der Waals surface area contributed by atoms with Gasteiger partial charge in [-0.2, -0.15) is 0 Å². The number of nitrogens with zero attached hydrogens (tertiary/aromatic N) is 1. The summed E-state index contributed by atoms with van der Waals surface area (Å²) in [6.07, 6.45) is 4.56. The molecular formula is C28H31ClN2O3S. The van der Waals surface area contributed by atoms with Crippen molar-refractivity contribution in [2.45, 2.75) is 57.4 Å². The first-order valence-corrected chi connectivity index (χ1v) is 13.7. The molecule has 35 heavy (non-hydrogen) atoms. The number of anilines is 1. The fourth-order valence-electron chi connectivity index (χ4n) is 4.45. The zero-order valence-electron chi connectivity index (χ0n) is 20.3. The van der Waals surface area contributed by atoms with E-state index in [0.29, 0.717) is 10.7 Å². The third kappa shape index (κ3) is 5.71. The highest BCUT2D eigenvalue weighted by molar-refractivity contribution is 7.92. The Kier molecular flexibility index (Phi) is 7.53. The Bertz CT molecular complexity index is 1340. The van der Waals surface area contributed by atoms with Gasteiger partial charge in [-0.15, -0.1) is 0 Å². The molecule has 0 unspecified atom stereocenters. The van der Waals surface area contributed by atoms with Crippen LogP contribution in [0.3, 0.4) is 0 Å².